The van der Waals surface area contributed by atoms with Crippen molar-refractivity contribution in [3.8, 4) is 0 Å². The zero-order valence-electron chi connectivity index (χ0n) is 11.0. The molecule has 1 N–H and O–H groups in total. The van der Waals surface area contributed by atoms with Crippen molar-refractivity contribution in [2.45, 2.75) is 6.10 Å². The van der Waals surface area contributed by atoms with Gasteiger partial charge in [-0.1, -0.05) is 0 Å². The summed E-state index contributed by atoms with van der Waals surface area (Å²) in [5.41, 5.74) is 2.05. The SMILES string of the molecule is CN(C)c1ccc([C@@H]2CN(CCO)CCO2)nc1. The van der Waals surface area contributed by atoms with E-state index in [2.05, 4.69) is 16.0 Å². The molecule has 1 fully saturated rings. The smallest absolute Gasteiger partial charge is 0.112 e. The Morgan fingerprint density at radius 3 is 2.94 bits per heavy atom. The Bertz CT molecular complexity index is 365. The number of nitrogens with zero attached hydrogens (tertiary/aromatic N) is 3. The molecule has 0 radical (unpaired) electrons. The fraction of sp³-hybridized carbons (Fsp3) is 0.615. The van der Waals surface area contributed by atoms with Gasteiger partial charge in [0.1, 0.15) is 6.10 Å². The molecular formula is C13H21N3O2. The van der Waals surface area contributed by atoms with Crippen LogP contribution in [0.1, 0.15) is 11.8 Å². The number of anilines is 1. The second-order valence-electron chi connectivity index (χ2n) is 4.72. The standard InChI is InChI=1S/C13H21N3O2/c1-15(2)11-3-4-12(14-9-11)13-10-16(5-7-17)6-8-18-13/h3-4,9,13,17H,5-8,10H2,1-2H3/t13-/m0/s1. The van der Waals surface area contributed by atoms with Gasteiger partial charge in [-0.15, -0.1) is 0 Å². The summed E-state index contributed by atoms with van der Waals surface area (Å²) in [5.74, 6) is 0. The number of hydrogen-bond acceptors (Lipinski definition) is 5. The Morgan fingerprint density at radius 1 is 1.50 bits per heavy atom. The molecular weight excluding hydrogens is 230 g/mol. The summed E-state index contributed by atoms with van der Waals surface area (Å²) >= 11 is 0. The third-order valence-electron chi connectivity index (χ3n) is 3.18. The van der Waals surface area contributed by atoms with E-state index in [0.717, 1.165) is 24.5 Å². The Hall–Kier alpha value is -1.17. The Kier molecular flexibility index (Phi) is 4.52. The highest BCUT2D eigenvalue weighted by atomic mass is 16.5. The van der Waals surface area contributed by atoms with Crippen LogP contribution in [-0.2, 0) is 4.74 Å². The largest absolute Gasteiger partial charge is 0.395 e. The summed E-state index contributed by atoms with van der Waals surface area (Å²) in [4.78, 5) is 8.69. The summed E-state index contributed by atoms with van der Waals surface area (Å²) in [6.45, 7) is 3.28. The fourth-order valence-electron chi connectivity index (χ4n) is 2.08. The van der Waals surface area contributed by atoms with Gasteiger partial charge in [0.2, 0.25) is 0 Å². The lowest BCUT2D eigenvalue weighted by Crippen LogP contribution is -2.40. The highest BCUT2D eigenvalue weighted by Gasteiger charge is 2.22. The first kappa shape index (κ1) is 13.3. The van der Waals surface area contributed by atoms with Crippen LogP contribution in [0.15, 0.2) is 18.3 Å². The number of hydrogen-bond donors (Lipinski definition) is 1. The van der Waals surface area contributed by atoms with Gasteiger partial charge < -0.3 is 14.7 Å². The molecule has 1 aromatic rings. The molecule has 0 aromatic carbocycles. The van der Waals surface area contributed by atoms with E-state index in [4.69, 9.17) is 9.84 Å². The maximum atomic E-state index is 8.97. The summed E-state index contributed by atoms with van der Waals surface area (Å²) in [5, 5.41) is 8.97. The van der Waals surface area contributed by atoms with Crippen molar-refractivity contribution in [1.82, 2.24) is 9.88 Å². The monoisotopic (exact) mass is 251 g/mol. The van der Waals surface area contributed by atoms with Gasteiger partial charge in [0.15, 0.2) is 0 Å². The molecule has 0 spiro atoms. The van der Waals surface area contributed by atoms with Gasteiger partial charge in [-0.2, -0.15) is 0 Å². The van der Waals surface area contributed by atoms with Crippen LogP contribution in [0.4, 0.5) is 5.69 Å². The zero-order valence-corrected chi connectivity index (χ0v) is 11.0. The molecule has 0 aliphatic carbocycles. The molecule has 5 heteroatoms. The van der Waals surface area contributed by atoms with Crippen molar-refractivity contribution < 1.29 is 9.84 Å². The van der Waals surface area contributed by atoms with Gasteiger partial charge >= 0.3 is 0 Å². The highest BCUT2D eigenvalue weighted by molar-refractivity contribution is 5.42. The topological polar surface area (TPSA) is 48.8 Å². The van der Waals surface area contributed by atoms with Crippen LogP contribution >= 0.6 is 0 Å². The van der Waals surface area contributed by atoms with Crippen LogP contribution in [0.5, 0.6) is 0 Å². The summed E-state index contributed by atoms with van der Waals surface area (Å²) in [6, 6.07) is 4.07. The maximum Gasteiger partial charge on any atom is 0.112 e. The van der Waals surface area contributed by atoms with E-state index in [9.17, 15) is 0 Å². The molecule has 0 unspecified atom stereocenters. The van der Waals surface area contributed by atoms with Crippen molar-refractivity contribution in [3.05, 3.63) is 24.0 Å². The number of rotatable bonds is 4. The first-order chi connectivity index (χ1) is 8.70. The molecule has 18 heavy (non-hydrogen) atoms. The van der Waals surface area contributed by atoms with E-state index in [1.165, 1.54) is 0 Å². The normalized spacial score (nSPS) is 20.9. The third-order valence-corrected chi connectivity index (χ3v) is 3.18. The Labute approximate surface area is 108 Å². The minimum absolute atomic E-state index is 0.0153. The Balaban J connectivity index is 2.02. The van der Waals surface area contributed by atoms with E-state index in [0.29, 0.717) is 13.2 Å². The van der Waals surface area contributed by atoms with Crippen molar-refractivity contribution in [2.75, 3.05) is 51.8 Å². The number of morpholine rings is 1. The molecule has 1 saturated heterocycles. The molecule has 0 amide bonds. The third kappa shape index (κ3) is 3.19. The predicted octanol–water partition coefficient (Wildman–Crippen LogP) is 0.513. The van der Waals surface area contributed by atoms with Gasteiger partial charge in [0.25, 0.3) is 0 Å². The molecule has 1 aromatic heterocycles. The minimum Gasteiger partial charge on any atom is -0.395 e. The minimum atomic E-state index is 0.0153. The van der Waals surface area contributed by atoms with Crippen LogP contribution in [0.2, 0.25) is 0 Å². The van der Waals surface area contributed by atoms with Crippen molar-refractivity contribution in [2.24, 2.45) is 0 Å². The van der Waals surface area contributed by atoms with Crippen molar-refractivity contribution >= 4 is 5.69 Å². The van der Waals surface area contributed by atoms with Crippen LogP contribution in [0.3, 0.4) is 0 Å². The summed E-state index contributed by atoms with van der Waals surface area (Å²) in [6.07, 6.45) is 1.88. The number of aromatic nitrogens is 1. The molecule has 5 nitrogen and oxygen atoms in total. The molecule has 1 aliphatic rings. The van der Waals surface area contributed by atoms with E-state index >= 15 is 0 Å². The number of aliphatic hydroxyl groups is 1. The van der Waals surface area contributed by atoms with E-state index < -0.39 is 0 Å². The van der Waals surface area contributed by atoms with E-state index in [-0.39, 0.29) is 12.7 Å². The molecule has 2 rings (SSSR count). The van der Waals surface area contributed by atoms with Crippen LogP contribution in [0.25, 0.3) is 0 Å². The van der Waals surface area contributed by atoms with Gasteiger partial charge in [-0.25, -0.2) is 0 Å². The highest BCUT2D eigenvalue weighted by Crippen LogP contribution is 2.21. The molecule has 0 saturated carbocycles. The Morgan fingerprint density at radius 2 is 2.33 bits per heavy atom. The summed E-state index contributed by atoms with van der Waals surface area (Å²) in [7, 11) is 3.99. The van der Waals surface area contributed by atoms with Crippen molar-refractivity contribution in [1.29, 1.82) is 0 Å². The van der Waals surface area contributed by atoms with Crippen LogP contribution < -0.4 is 4.90 Å². The maximum absolute atomic E-state index is 8.97. The van der Waals surface area contributed by atoms with Gasteiger partial charge in [-0.05, 0) is 12.1 Å². The lowest BCUT2D eigenvalue weighted by atomic mass is 10.2. The average molecular weight is 251 g/mol. The fourth-order valence-corrected chi connectivity index (χ4v) is 2.08. The molecule has 1 atom stereocenters. The quantitative estimate of drug-likeness (QED) is 0.845. The molecule has 0 bridgehead atoms. The number of ether oxygens (including phenoxy) is 1. The zero-order chi connectivity index (χ0) is 13.0. The first-order valence-electron chi connectivity index (χ1n) is 6.29. The molecule has 100 valence electrons. The number of aliphatic hydroxyl groups excluding tert-OH is 1. The predicted molar refractivity (Wildman–Crippen MR) is 70.8 cm³/mol. The second-order valence-corrected chi connectivity index (χ2v) is 4.72. The number of β-amino-alcohol motifs (C(OH)–C–C–N with tert-alkyl or cyclic N) is 1. The van der Waals surface area contributed by atoms with Gasteiger partial charge in [0.05, 0.1) is 30.8 Å². The van der Waals surface area contributed by atoms with Crippen LogP contribution in [0, 0.1) is 0 Å². The van der Waals surface area contributed by atoms with Gasteiger partial charge in [-0.3, -0.25) is 9.88 Å². The van der Waals surface area contributed by atoms with E-state index in [1.807, 2.05) is 31.3 Å². The average Bonchev–Trinajstić information content (AvgIpc) is 2.39. The second kappa shape index (κ2) is 6.13. The van der Waals surface area contributed by atoms with Crippen molar-refractivity contribution in [3.63, 3.8) is 0 Å². The summed E-state index contributed by atoms with van der Waals surface area (Å²) < 4.78 is 5.74. The van der Waals surface area contributed by atoms with E-state index in [1.54, 1.807) is 0 Å². The molecule has 2 heterocycles. The van der Waals surface area contributed by atoms with Gasteiger partial charge in [0, 0.05) is 33.7 Å². The lowest BCUT2D eigenvalue weighted by Gasteiger charge is -2.32. The molecule has 1 aliphatic heterocycles. The lowest BCUT2D eigenvalue weighted by molar-refractivity contribution is -0.0357. The number of pyridine rings is 1. The van der Waals surface area contributed by atoms with Crippen LogP contribution in [-0.4, -0.2) is 61.9 Å². The first-order valence-corrected chi connectivity index (χ1v) is 6.29.